The van der Waals surface area contributed by atoms with Crippen molar-refractivity contribution >= 4 is 124 Å². The molecular weight excluding hydrogens is 781 g/mol. The average molecular weight is 827 g/mol. The highest BCUT2D eigenvalue weighted by Gasteiger charge is 2.23. The molecular formula is C52H46N2S4. The Morgan fingerprint density at radius 1 is 0.293 bits per heavy atom. The van der Waals surface area contributed by atoms with Gasteiger partial charge in [0.15, 0.2) is 0 Å². The molecule has 0 heterocycles. The molecule has 0 radical (unpaired) electrons. The van der Waals surface area contributed by atoms with Gasteiger partial charge in [0.25, 0.3) is 0 Å². The van der Waals surface area contributed by atoms with Crippen molar-refractivity contribution in [2.75, 3.05) is 32.8 Å². The quantitative estimate of drug-likeness (QED) is 0.0608. The van der Waals surface area contributed by atoms with E-state index < -0.39 is 0 Å². The minimum absolute atomic E-state index is 1.05. The maximum absolute atomic E-state index is 2.44. The average Bonchev–Trinajstić information content (AvgIpc) is 3.26. The second-order valence-corrected chi connectivity index (χ2v) is 19.4. The van der Waals surface area contributed by atoms with Crippen LogP contribution in [0.1, 0.15) is 27.7 Å². The highest BCUT2D eigenvalue weighted by atomic mass is 32.2. The van der Waals surface area contributed by atoms with Gasteiger partial charge in [-0.1, -0.05) is 76.2 Å². The molecule has 0 aliphatic heterocycles. The Labute approximate surface area is 359 Å². The van der Waals surface area contributed by atoms with Crippen molar-refractivity contribution in [2.45, 2.75) is 47.3 Å². The van der Waals surface area contributed by atoms with Crippen molar-refractivity contribution in [2.24, 2.45) is 0 Å². The fourth-order valence-corrected chi connectivity index (χ4v) is 11.0. The second kappa shape index (κ2) is 17.2. The van der Waals surface area contributed by atoms with Crippen LogP contribution in [0, 0.1) is 0 Å². The molecule has 9 aromatic carbocycles. The van der Waals surface area contributed by atoms with Gasteiger partial charge in [0, 0.05) is 53.1 Å². The molecule has 0 bridgehead atoms. The first kappa shape index (κ1) is 38.8. The van der Waals surface area contributed by atoms with Crippen LogP contribution in [0.4, 0.5) is 34.1 Å². The molecule has 0 saturated heterocycles. The lowest BCUT2D eigenvalue weighted by molar-refractivity contribution is 1.27. The van der Waals surface area contributed by atoms with Crippen LogP contribution in [-0.4, -0.2) is 23.0 Å². The van der Waals surface area contributed by atoms with Crippen LogP contribution in [0.15, 0.2) is 177 Å². The van der Waals surface area contributed by atoms with Crippen molar-refractivity contribution in [1.82, 2.24) is 0 Å². The van der Waals surface area contributed by atoms with Crippen molar-refractivity contribution < 1.29 is 0 Å². The Balaban J connectivity index is 1.25. The van der Waals surface area contributed by atoms with E-state index in [4.69, 9.17) is 0 Å². The fraction of sp³-hybridized carbons (Fsp3) is 0.154. The molecule has 58 heavy (non-hydrogen) atoms. The molecule has 9 aromatic rings. The lowest BCUT2D eigenvalue weighted by atomic mass is 9.88. The molecule has 0 spiro atoms. The summed E-state index contributed by atoms with van der Waals surface area (Å²) in [5.74, 6) is 4.22. The molecule has 2 nitrogen and oxygen atoms in total. The van der Waals surface area contributed by atoms with Gasteiger partial charge in [-0.05, 0) is 165 Å². The Hall–Kier alpha value is -4.72. The van der Waals surface area contributed by atoms with Crippen LogP contribution in [0.25, 0.3) is 43.1 Å². The van der Waals surface area contributed by atoms with Gasteiger partial charge in [-0.15, -0.1) is 47.0 Å². The lowest BCUT2D eigenvalue weighted by Crippen LogP contribution is -2.11. The first-order chi connectivity index (χ1) is 28.6. The van der Waals surface area contributed by atoms with Gasteiger partial charge >= 0.3 is 0 Å². The Morgan fingerprint density at radius 3 is 0.828 bits per heavy atom. The normalized spacial score (nSPS) is 11.7. The number of nitrogens with zero attached hydrogens (tertiary/aromatic N) is 2. The number of hydrogen-bond donors (Lipinski definition) is 0. The molecule has 9 rings (SSSR count). The summed E-state index contributed by atoms with van der Waals surface area (Å²) in [5, 5.41) is 10.2. The summed E-state index contributed by atoms with van der Waals surface area (Å²) in [4.78, 5) is 10.0. The Morgan fingerprint density at radius 2 is 0.552 bits per heavy atom. The van der Waals surface area contributed by atoms with E-state index in [9.17, 15) is 0 Å². The van der Waals surface area contributed by atoms with Gasteiger partial charge in [0.2, 0.25) is 0 Å². The maximum Gasteiger partial charge on any atom is 0.0540 e. The number of fused-ring (bicyclic) bond motifs is 2. The van der Waals surface area contributed by atoms with Gasteiger partial charge in [-0.25, -0.2) is 0 Å². The van der Waals surface area contributed by atoms with Gasteiger partial charge < -0.3 is 9.80 Å². The highest BCUT2D eigenvalue weighted by Crippen LogP contribution is 2.49. The van der Waals surface area contributed by atoms with Crippen LogP contribution in [0.5, 0.6) is 0 Å². The van der Waals surface area contributed by atoms with Gasteiger partial charge in [-0.2, -0.15) is 0 Å². The number of anilines is 6. The first-order valence-corrected chi connectivity index (χ1v) is 24.2. The highest BCUT2D eigenvalue weighted by molar-refractivity contribution is 8.00. The first-order valence-electron chi connectivity index (χ1n) is 20.2. The SMILES string of the molecule is CCSc1ccc(N(c2ccc(SCC)cc2)c2ccc3c4cccc5c(N(c6ccc(SCC)cc6)c6ccc(SCC)cc6)ccc(c6cccc2c63)c54)cc1. The van der Waals surface area contributed by atoms with Crippen molar-refractivity contribution in [3.8, 4) is 0 Å². The molecule has 288 valence electrons. The molecule has 0 aromatic heterocycles. The summed E-state index contributed by atoms with van der Waals surface area (Å²) in [5.41, 5.74) is 6.98. The van der Waals surface area contributed by atoms with E-state index in [0.29, 0.717) is 0 Å². The van der Waals surface area contributed by atoms with E-state index in [-0.39, 0.29) is 0 Å². The van der Waals surface area contributed by atoms with E-state index in [1.54, 1.807) is 0 Å². The molecule has 0 atom stereocenters. The summed E-state index contributed by atoms with van der Waals surface area (Å²) < 4.78 is 0. The fourth-order valence-electron chi connectivity index (χ4n) is 8.36. The third kappa shape index (κ3) is 7.30. The zero-order chi connectivity index (χ0) is 39.6. The molecule has 0 amide bonds. The largest absolute Gasteiger partial charge is 0.310 e. The van der Waals surface area contributed by atoms with Gasteiger partial charge in [0.05, 0.1) is 11.4 Å². The van der Waals surface area contributed by atoms with Gasteiger partial charge in [0.1, 0.15) is 0 Å². The zero-order valence-corrected chi connectivity index (χ0v) is 36.6. The Bertz CT molecular complexity index is 2500. The van der Waals surface area contributed by atoms with Crippen LogP contribution in [0.2, 0.25) is 0 Å². The summed E-state index contributed by atoms with van der Waals surface area (Å²) in [6.07, 6.45) is 0. The third-order valence-corrected chi connectivity index (χ3v) is 14.3. The summed E-state index contributed by atoms with van der Waals surface area (Å²) in [6.45, 7) is 8.84. The van der Waals surface area contributed by atoms with E-state index in [2.05, 4.69) is 195 Å². The zero-order valence-electron chi connectivity index (χ0n) is 33.4. The van der Waals surface area contributed by atoms with E-state index in [1.165, 1.54) is 74.0 Å². The predicted octanol–water partition coefficient (Wildman–Crippen LogP) is 17.1. The van der Waals surface area contributed by atoms with Crippen molar-refractivity contribution in [3.05, 3.63) is 158 Å². The molecule has 0 aliphatic rings. The van der Waals surface area contributed by atoms with Gasteiger partial charge in [-0.3, -0.25) is 0 Å². The van der Waals surface area contributed by atoms with Crippen molar-refractivity contribution in [1.29, 1.82) is 0 Å². The van der Waals surface area contributed by atoms with Crippen LogP contribution in [0.3, 0.4) is 0 Å². The van der Waals surface area contributed by atoms with Crippen LogP contribution < -0.4 is 9.80 Å². The molecule has 6 heteroatoms. The van der Waals surface area contributed by atoms with E-state index in [0.717, 1.165) is 45.8 Å². The Kier molecular flexibility index (Phi) is 11.5. The summed E-state index contributed by atoms with van der Waals surface area (Å²) in [7, 11) is 0. The third-order valence-electron chi connectivity index (χ3n) is 10.7. The minimum Gasteiger partial charge on any atom is -0.310 e. The molecule has 0 saturated carbocycles. The second-order valence-electron chi connectivity index (χ2n) is 14.1. The smallest absolute Gasteiger partial charge is 0.0540 e. The van der Waals surface area contributed by atoms with Crippen molar-refractivity contribution in [3.63, 3.8) is 0 Å². The molecule has 0 N–H and O–H groups in total. The lowest BCUT2D eigenvalue weighted by Gasteiger charge is -2.29. The standard InChI is InChI=1S/C52H46N2S4/c1-5-55-39-23-15-35(16-24-39)53(36-17-25-40(26-18-36)56-6-2)49-33-31-45-44-12-10-14-48-50(34-32-46(52(44)48)43-11-9-13-47(49)51(43)45)54(37-19-27-41(28-20-37)57-7-3)38-21-29-42(30-22-38)58-8-4/h9-34H,5-8H2,1-4H3. The number of thioether (sulfide) groups is 4. The van der Waals surface area contributed by atoms with E-state index >= 15 is 0 Å². The molecule has 0 fully saturated rings. The number of hydrogen-bond acceptors (Lipinski definition) is 6. The van der Waals surface area contributed by atoms with E-state index in [1.807, 2.05) is 47.0 Å². The van der Waals surface area contributed by atoms with Crippen LogP contribution in [-0.2, 0) is 0 Å². The monoisotopic (exact) mass is 826 g/mol. The molecule has 0 aliphatic carbocycles. The minimum atomic E-state index is 1.05. The summed E-state index contributed by atoms with van der Waals surface area (Å²) in [6, 6.07) is 59.5. The maximum atomic E-state index is 2.44. The number of benzene rings is 9. The number of rotatable bonds is 14. The topological polar surface area (TPSA) is 6.48 Å². The van der Waals surface area contributed by atoms with Crippen LogP contribution >= 0.6 is 47.0 Å². The predicted molar refractivity (Wildman–Crippen MR) is 263 cm³/mol. The summed E-state index contributed by atoms with van der Waals surface area (Å²) >= 11 is 7.52. The molecule has 0 unspecified atom stereocenters.